The van der Waals surface area contributed by atoms with Crippen LogP contribution in [0.3, 0.4) is 0 Å². The van der Waals surface area contributed by atoms with Crippen molar-refractivity contribution in [2.75, 3.05) is 13.1 Å². The number of hydrogen-bond donors (Lipinski definition) is 2. The fourth-order valence-corrected chi connectivity index (χ4v) is 3.76. The highest BCUT2D eigenvalue weighted by molar-refractivity contribution is 8.00. The zero-order valence-corrected chi connectivity index (χ0v) is 14.1. The van der Waals surface area contributed by atoms with Gasteiger partial charge in [-0.15, -0.1) is 24.2 Å². The van der Waals surface area contributed by atoms with Crippen LogP contribution in [0.4, 0.5) is 0 Å². The monoisotopic (exact) mass is 328 g/mol. The van der Waals surface area contributed by atoms with Crippen LogP contribution in [0, 0.1) is 11.8 Å². The minimum Gasteiger partial charge on any atom is -0.355 e. The highest BCUT2D eigenvalue weighted by Gasteiger charge is 2.31. The molecule has 2 rings (SSSR count). The molecule has 0 heterocycles. The van der Waals surface area contributed by atoms with Gasteiger partial charge < -0.3 is 11.1 Å². The Morgan fingerprint density at radius 2 is 2.10 bits per heavy atom. The van der Waals surface area contributed by atoms with Gasteiger partial charge in [0.2, 0.25) is 5.91 Å². The molecule has 0 saturated heterocycles. The van der Waals surface area contributed by atoms with Crippen LogP contribution in [0.5, 0.6) is 0 Å². The maximum atomic E-state index is 12.2. The summed E-state index contributed by atoms with van der Waals surface area (Å²) in [4.78, 5) is 13.4. The SMILES string of the molecule is CC(CNC(=O)[C@@H]1CCC[C@@H]1CN)Sc1ccccc1.Cl. The fourth-order valence-electron chi connectivity index (χ4n) is 2.81. The number of thioether (sulfide) groups is 1. The molecule has 1 unspecified atom stereocenters. The molecule has 1 aliphatic carbocycles. The van der Waals surface area contributed by atoms with Gasteiger partial charge in [-0.3, -0.25) is 4.79 Å². The molecule has 0 radical (unpaired) electrons. The van der Waals surface area contributed by atoms with E-state index < -0.39 is 0 Å². The van der Waals surface area contributed by atoms with Crippen molar-refractivity contribution < 1.29 is 4.79 Å². The third-order valence-corrected chi connectivity index (χ3v) is 5.06. The normalized spacial score (nSPS) is 22.4. The van der Waals surface area contributed by atoms with E-state index in [0.717, 1.165) is 19.3 Å². The molecule has 1 saturated carbocycles. The Kier molecular flexibility index (Phi) is 8.15. The molecule has 5 heteroatoms. The van der Waals surface area contributed by atoms with Crippen LogP contribution >= 0.6 is 24.2 Å². The van der Waals surface area contributed by atoms with Gasteiger partial charge in [-0.05, 0) is 37.4 Å². The van der Waals surface area contributed by atoms with Gasteiger partial charge in [0.25, 0.3) is 0 Å². The summed E-state index contributed by atoms with van der Waals surface area (Å²) in [6.07, 6.45) is 3.23. The second kappa shape index (κ2) is 9.34. The van der Waals surface area contributed by atoms with Crippen molar-refractivity contribution in [1.29, 1.82) is 0 Å². The largest absolute Gasteiger partial charge is 0.355 e. The Hall–Kier alpha value is -0.710. The zero-order valence-electron chi connectivity index (χ0n) is 12.5. The predicted octanol–water partition coefficient (Wildman–Crippen LogP) is 3.08. The summed E-state index contributed by atoms with van der Waals surface area (Å²) in [5, 5.41) is 3.47. The number of hydrogen-bond acceptors (Lipinski definition) is 3. The smallest absolute Gasteiger partial charge is 0.223 e. The van der Waals surface area contributed by atoms with Gasteiger partial charge in [0.15, 0.2) is 0 Å². The topological polar surface area (TPSA) is 55.1 Å². The van der Waals surface area contributed by atoms with Gasteiger partial charge in [-0.2, -0.15) is 0 Å². The lowest BCUT2D eigenvalue weighted by molar-refractivity contribution is -0.125. The Morgan fingerprint density at radius 1 is 1.38 bits per heavy atom. The highest BCUT2D eigenvalue weighted by Crippen LogP contribution is 2.31. The highest BCUT2D eigenvalue weighted by atomic mass is 35.5. The van der Waals surface area contributed by atoms with E-state index in [9.17, 15) is 4.79 Å². The first-order chi connectivity index (χ1) is 9.70. The second-order valence-corrected chi connectivity index (χ2v) is 7.03. The van der Waals surface area contributed by atoms with Gasteiger partial charge in [-0.1, -0.05) is 31.5 Å². The first kappa shape index (κ1) is 18.3. The zero-order chi connectivity index (χ0) is 14.4. The molecule has 0 spiro atoms. The van der Waals surface area contributed by atoms with Crippen molar-refractivity contribution in [1.82, 2.24) is 5.32 Å². The number of nitrogens with one attached hydrogen (secondary N) is 1. The Balaban J connectivity index is 0.00000220. The van der Waals surface area contributed by atoms with E-state index in [4.69, 9.17) is 5.73 Å². The maximum Gasteiger partial charge on any atom is 0.223 e. The summed E-state index contributed by atoms with van der Waals surface area (Å²) in [6.45, 7) is 3.49. The van der Waals surface area contributed by atoms with E-state index in [2.05, 4.69) is 24.4 Å². The van der Waals surface area contributed by atoms with E-state index in [1.54, 1.807) is 11.8 Å². The summed E-state index contributed by atoms with van der Waals surface area (Å²) >= 11 is 1.80. The number of benzene rings is 1. The number of halogens is 1. The van der Waals surface area contributed by atoms with Crippen LogP contribution < -0.4 is 11.1 Å². The third kappa shape index (κ3) is 5.53. The fraction of sp³-hybridized carbons (Fsp3) is 0.562. The molecule has 21 heavy (non-hydrogen) atoms. The average Bonchev–Trinajstić information content (AvgIpc) is 2.94. The molecule has 0 aliphatic heterocycles. The lowest BCUT2D eigenvalue weighted by atomic mass is 9.95. The number of rotatable bonds is 6. The summed E-state index contributed by atoms with van der Waals surface area (Å²) in [5.41, 5.74) is 5.74. The number of amides is 1. The van der Waals surface area contributed by atoms with E-state index in [0.29, 0.717) is 24.3 Å². The van der Waals surface area contributed by atoms with Gasteiger partial charge in [0.1, 0.15) is 0 Å². The van der Waals surface area contributed by atoms with Crippen molar-refractivity contribution in [2.45, 2.75) is 36.3 Å². The molecular formula is C16H25ClN2OS. The van der Waals surface area contributed by atoms with Crippen molar-refractivity contribution in [3.05, 3.63) is 30.3 Å². The molecule has 1 fully saturated rings. The van der Waals surface area contributed by atoms with E-state index in [-0.39, 0.29) is 24.2 Å². The van der Waals surface area contributed by atoms with Gasteiger partial charge in [-0.25, -0.2) is 0 Å². The summed E-state index contributed by atoms with van der Waals surface area (Å²) in [7, 11) is 0. The van der Waals surface area contributed by atoms with E-state index in [1.165, 1.54) is 4.90 Å². The summed E-state index contributed by atoms with van der Waals surface area (Å²) < 4.78 is 0. The molecule has 1 amide bonds. The average molecular weight is 329 g/mol. The molecule has 3 nitrogen and oxygen atoms in total. The van der Waals surface area contributed by atoms with Crippen LogP contribution in [0.1, 0.15) is 26.2 Å². The molecule has 118 valence electrons. The molecule has 1 aromatic rings. The molecule has 0 aromatic heterocycles. The molecule has 3 N–H and O–H groups in total. The molecule has 0 bridgehead atoms. The quantitative estimate of drug-likeness (QED) is 0.789. The van der Waals surface area contributed by atoms with E-state index in [1.807, 2.05) is 18.2 Å². The Morgan fingerprint density at radius 3 is 2.76 bits per heavy atom. The lowest BCUT2D eigenvalue weighted by Gasteiger charge is -2.19. The lowest BCUT2D eigenvalue weighted by Crippen LogP contribution is -2.37. The number of carbonyl (C=O) groups is 1. The van der Waals surface area contributed by atoms with Gasteiger partial charge in [0, 0.05) is 22.6 Å². The predicted molar refractivity (Wildman–Crippen MR) is 91.9 cm³/mol. The van der Waals surface area contributed by atoms with Crippen LogP contribution in [-0.4, -0.2) is 24.2 Å². The van der Waals surface area contributed by atoms with Crippen molar-refractivity contribution in [3.8, 4) is 0 Å². The van der Waals surface area contributed by atoms with Crippen LogP contribution in [-0.2, 0) is 4.79 Å². The molecule has 1 aliphatic rings. The maximum absolute atomic E-state index is 12.2. The van der Waals surface area contributed by atoms with Gasteiger partial charge >= 0.3 is 0 Å². The van der Waals surface area contributed by atoms with Gasteiger partial charge in [0.05, 0.1) is 0 Å². The van der Waals surface area contributed by atoms with E-state index >= 15 is 0 Å². The Bertz CT molecular complexity index is 430. The summed E-state index contributed by atoms with van der Waals surface area (Å²) in [5.74, 6) is 0.708. The number of nitrogens with two attached hydrogens (primary N) is 1. The minimum atomic E-state index is 0. The van der Waals surface area contributed by atoms with Crippen LogP contribution in [0.2, 0.25) is 0 Å². The molecular weight excluding hydrogens is 304 g/mol. The first-order valence-electron chi connectivity index (χ1n) is 7.40. The third-order valence-electron chi connectivity index (χ3n) is 3.94. The van der Waals surface area contributed by atoms with Crippen molar-refractivity contribution in [2.24, 2.45) is 17.6 Å². The van der Waals surface area contributed by atoms with Crippen molar-refractivity contribution in [3.63, 3.8) is 0 Å². The summed E-state index contributed by atoms with van der Waals surface area (Å²) in [6, 6.07) is 10.3. The first-order valence-corrected chi connectivity index (χ1v) is 8.28. The number of carbonyl (C=O) groups excluding carboxylic acids is 1. The van der Waals surface area contributed by atoms with Crippen LogP contribution in [0.25, 0.3) is 0 Å². The second-order valence-electron chi connectivity index (χ2n) is 5.52. The molecule has 1 aromatic carbocycles. The van der Waals surface area contributed by atoms with Crippen molar-refractivity contribution >= 4 is 30.1 Å². The molecule has 3 atom stereocenters. The standard InChI is InChI=1S/C16H24N2OS.ClH/c1-12(20-14-7-3-2-4-8-14)11-18-16(19)15-9-5-6-13(15)10-17;/h2-4,7-8,12-13,15H,5-6,9-11,17H2,1H3,(H,18,19);1H/t12?,13-,15-;/m1./s1. The Labute approximate surface area is 137 Å². The minimum absolute atomic E-state index is 0. The van der Waals surface area contributed by atoms with Crippen LogP contribution in [0.15, 0.2) is 35.2 Å².